The van der Waals surface area contributed by atoms with Gasteiger partial charge in [0.05, 0.1) is 44.3 Å². The van der Waals surface area contributed by atoms with Gasteiger partial charge in [-0.1, -0.05) is 19.1 Å². The third kappa shape index (κ3) is 11.2. The number of nitrogens with zero attached hydrogens (tertiary/aromatic N) is 3. The van der Waals surface area contributed by atoms with E-state index in [1.165, 1.54) is 12.1 Å². The van der Waals surface area contributed by atoms with Crippen molar-refractivity contribution in [2.24, 2.45) is 11.8 Å². The molecule has 0 amide bonds. The Balaban J connectivity index is 1.38. The number of carbonyl (C=O) groups is 2. The summed E-state index contributed by atoms with van der Waals surface area (Å²) in [5.74, 6) is -1.27. The monoisotopic (exact) mass is 599 g/mol. The number of hydrogen-bond donors (Lipinski definition) is 2. The van der Waals surface area contributed by atoms with E-state index in [-0.39, 0.29) is 29.5 Å². The molecule has 11 heteroatoms. The molecule has 4 rings (SSSR count). The second-order valence-corrected chi connectivity index (χ2v) is 11.5. The Bertz CT molecular complexity index is 1160. The maximum absolute atomic E-state index is 11.4. The highest BCUT2D eigenvalue weighted by atomic mass is 16.5. The van der Waals surface area contributed by atoms with E-state index >= 15 is 0 Å². The molecule has 0 aromatic carbocycles. The number of aromatic carboxylic acids is 2. The van der Waals surface area contributed by atoms with Gasteiger partial charge >= 0.3 is 11.9 Å². The molecule has 1 saturated carbocycles. The number of ether oxygens (including phenoxy) is 4. The Morgan fingerprint density at radius 1 is 0.767 bits per heavy atom. The lowest BCUT2D eigenvalue weighted by Crippen LogP contribution is -2.40. The topological polar surface area (TPSA) is 141 Å². The zero-order chi connectivity index (χ0) is 30.4. The average Bonchev–Trinajstić information content (AvgIpc) is 2.99. The van der Waals surface area contributed by atoms with Gasteiger partial charge in [-0.2, -0.15) is 0 Å². The van der Waals surface area contributed by atoms with E-state index in [1.54, 1.807) is 12.1 Å². The lowest BCUT2D eigenvalue weighted by Gasteiger charge is -2.35. The van der Waals surface area contributed by atoms with E-state index in [4.69, 9.17) is 18.9 Å². The predicted octanol–water partition coefficient (Wildman–Crippen LogP) is 3.95. The molecule has 0 spiro atoms. The van der Waals surface area contributed by atoms with Gasteiger partial charge < -0.3 is 29.2 Å². The molecule has 236 valence electrons. The Hall–Kier alpha value is -2.96. The highest BCUT2D eigenvalue weighted by molar-refractivity contribution is 5.85. The first kappa shape index (κ1) is 32.9. The van der Waals surface area contributed by atoms with E-state index in [9.17, 15) is 19.8 Å². The van der Waals surface area contributed by atoms with Crippen molar-refractivity contribution in [3.63, 3.8) is 0 Å². The number of fused-ring (bicyclic) bond motifs is 1. The minimum atomic E-state index is -1.04. The maximum Gasteiger partial charge on any atom is 0.354 e. The van der Waals surface area contributed by atoms with Crippen molar-refractivity contribution >= 4 is 11.9 Å². The molecule has 2 N–H and O–H groups in total. The Morgan fingerprint density at radius 3 is 2.14 bits per heavy atom. The Morgan fingerprint density at radius 2 is 1.40 bits per heavy atom. The summed E-state index contributed by atoms with van der Waals surface area (Å²) in [5.41, 5.74) is 1.55. The number of carboxylic acid groups (broad SMARTS) is 2. The smallest absolute Gasteiger partial charge is 0.354 e. The Labute approximate surface area is 253 Å². The standard InChI is InChI=1S/C32H45N3O8/c1-23-8-9-29-30(20-23)42-15-11-24(21-25-4-2-6-27(33-25)31(36)37)10-14-40-18-19-41-16-12-35(13-17-43-29)22-26-5-3-7-28(34-26)32(38)39/h2-7,23-24,29-30H,8-22H2,1H3,(H,36,37)(H,38,39). The van der Waals surface area contributed by atoms with Gasteiger partial charge in [0.25, 0.3) is 0 Å². The molecule has 43 heavy (non-hydrogen) atoms. The second-order valence-electron chi connectivity index (χ2n) is 11.5. The fourth-order valence-corrected chi connectivity index (χ4v) is 5.69. The summed E-state index contributed by atoms with van der Waals surface area (Å²) in [6.45, 7) is 7.17. The summed E-state index contributed by atoms with van der Waals surface area (Å²) in [4.78, 5) is 33.6. The van der Waals surface area contributed by atoms with Crippen LogP contribution in [0.25, 0.3) is 0 Å². The van der Waals surface area contributed by atoms with Crippen molar-refractivity contribution < 1.29 is 38.7 Å². The summed E-state index contributed by atoms with van der Waals surface area (Å²) in [6, 6.07) is 10.2. The summed E-state index contributed by atoms with van der Waals surface area (Å²) in [7, 11) is 0. The molecule has 0 radical (unpaired) electrons. The first-order valence-corrected chi connectivity index (χ1v) is 15.4. The summed E-state index contributed by atoms with van der Waals surface area (Å²) >= 11 is 0. The summed E-state index contributed by atoms with van der Waals surface area (Å²) in [6.07, 6.45) is 5.29. The molecule has 2 aliphatic rings. The van der Waals surface area contributed by atoms with Gasteiger partial charge in [-0.25, -0.2) is 19.6 Å². The highest BCUT2D eigenvalue weighted by Gasteiger charge is 2.30. The molecule has 4 atom stereocenters. The molecule has 2 fully saturated rings. The van der Waals surface area contributed by atoms with E-state index in [0.717, 1.165) is 37.8 Å². The van der Waals surface area contributed by atoms with Gasteiger partial charge in [-0.05, 0) is 74.6 Å². The van der Waals surface area contributed by atoms with E-state index in [0.29, 0.717) is 77.3 Å². The number of rotatable bonds is 6. The van der Waals surface area contributed by atoms with E-state index < -0.39 is 11.9 Å². The van der Waals surface area contributed by atoms with Crippen LogP contribution in [0.4, 0.5) is 0 Å². The van der Waals surface area contributed by atoms with Crippen molar-refractivity contribution in [2.75, 3.05) is 52.7 Å². The predicted molar refractivity (Wildman–Crippen MR) is 158 cm³/mol. The molecule has 1 aliphatic heterocycles. The van der Waals surface area contributed by atoms with Gasteiger partial charge in [-0.3, -0.25) is 4.90 Å². The SMILES string of the molecule is CC1CCC2OCCN(Cc3cccc(C(=O)O)n3)CCOCCOCCC(Cc3cccc(C(=O)O)n3)CCOC2C1. The molecular formula is C32H45N3O8. The lowest BCUT2D eigenvalue weighted by atomic mass is 9.86. The number of pyridine rings is 2. The first-order valence-electron chi connectivity index (χ1n) is 15.4. The maximum atomic E-state index is 11.4. The molecule has 2 aromatic heterocycles. The average molecular weight is 600 g/mol. The second kappa shape index (κ2) is 17.4. The van der Waals surface area contributed by atoms with Crippen LogP contribution in [-0.2, 0) is 31.9 Å². The van der Waals surface area contributed by atoms with Gasteiger partial charge in [0.15, 0.2) is 0 Å². The van der Waals surface area contributed by atoms with E-state index in [1.807, 2.05) is 12.1 Å². The third-order valence-corrected chi connectivity index (χ3v) is 8.12. The van der Waals surface area contributed by atoms with Crippen molar-refractivity contribution in [3.8, 4) is 0 Å². The molecule has 4 unspecified atom stereocenters. The summed E-state index contributed by atoms with van der Waals surface area (Å²) in [5, 5.41) is 18.7. The largest absolute Gasteiger partial charge is 0.477 e. The quantitative estimate of drug-likeness (QED) is 0.499. The number of hydrogen-bond acceptors (Lipinski definition) is 9. The Kier molecular flexibility index (Phi) is 13.3. The molecule has 3 heterocycles. The van der Waals surface area contributed by atoms with Crippen LogP contribution in [0.15, 0.2) is 36.4 Å². The first-order chi connectivity index (χ1) is 20.9. The van der Waals surface area contributed by atoms with Gasteiger partial charge in [0.1, 0.15) is 11.4 Å². The number of carboxylic acids is 2. The molecule has 2 aromatic rings. The molecule has 1 aliphatic carbocycles. The third-order valence-electron chi connectivity index (χ3n) is 8.12. The zero-order valence-corrected chi connectivity index (χ0v) is 25.1. The van der Waals surface area contributed by atoms with Crippen LogP contribution < -0.4 is 0 Å². The van der Waals surface area contributed by atoms with Crippen molar-refractivity contribution in [1.82, 2.24) is 14.9 Å². The van der Waals surface area contributed by atoms with Crippen molar-refractivity contribution in [3.05, 3.63) is 59.2 Å². The van der Waals surface area contributed by atoms with Gasteiger partial charge in [-0.15, -0.1) is 0 Å². The zero-order valence-electron chi connectivity index (χ0n) is 25.1. The van der Waals surface area contributed by atoms with Crippen LogP contribution in [-0.4, -0.2) is 102 Å². The fraction of sp³-hybridized carbons (Fsp3) is 0.625. The molecule has 0 bridgehead atoms. The van der Waals surface area contributed by atoms with Gasteiger partial charge in [0.2, 0.25) is 0 Å². The minimum Gasteiger partial charge on any atom is -0.477 e. The lowest BCUT2D eigenvalue weighted by molar-refractivity contribution is -0.106. The molecule has 1 saturated heterocycles. The van der Waals surface area contributed by atoms with E-state index in [2.05, 4.69) is 21.8 Å². The number of aromatic nitrogens is 2. The van der Waals surface area contributed by atoms with Crippen LogP contribution >= 0.6 is 0 Å². The van der Waals surface area contributed by atoms with Crippen LogP contribution in [0, 0.1) is 11.8 Å². The van der Waals surface area contributed by atoms with Crippen molar-refractivity contribution in [1.29, 1.82) is 0 Å². The molecular weight excluding hydrogens is 554 g/mol. The van der Waals surface area contributed by atoms with Crippen LogP contribution in [0.3, 0.4) is 0 Å². The van der Waals surface area contributed by atoms with Crippen LogP contribution in [0.5, 0.6) is 0 Å². The molecule has 11 nitrogen and oxygen atoms in total. The minimum absolute atomic E-state index is 0.0114. The van der Waals surface area contributed by atoms with Crippen LogP contribution in [0.1, 0.15) is 71.4 Å². The summed E-state index contributed by atoms with van der Waals surface area (Å²) < 4.78 is 24.6. The van der Waals surface area contributed by atoms with Gasteiger partial charge in [0, 0.05) is 38.5 Å². The normalized spacial score (nSPS) is 25.6. The fourth-order valence-electron chi connectivity index (χ4n) is 5.69. The van der Waals surface area contributed by atoms with Crippen molar-refractivity contribution in [2.45, 2.75) is 64.2 Å². The van der Waals surface area contributed by atoms with Crippen LogP contribution in [0.2, 0.25) is 0 Å². The highest BCUT2D eigenvalue weighted by Crippen LogP contribution is 2.29.